The topological polar surface area (TPSA) is 59.4 Å². The summed E-state index contributed by atoms with van der Waals surface area (Å²) in [6.45, 7) is 0.317. The molecule has 1 aliphatic carbocycles. The average molecular weight is 353 g/mol. The van der Waals surface area contributed by atoms with E-state index in [0.717, 1.165) is 0 Å². The number of benzene rings is 1. The zero-order valence-electron chi connectivity index (χ0n) is 13.4. The first-order valence-corrected chi connectivity index (χ1v) is 8.16. The molecule has 1 heterocycles. The first-order chi connectivity index (χ1) is 11.8. The molecule has 0 atom stereocenters. The lowest BCUT2D eigenvalue weighted by Gasteiger charge is -2.29. The second kappa shape index (κ2) is 6.90. The summed E-state index contributed by atoms with van der Waals surface area (Å²) in [5.41, 5.74) is 0.176. The van der Waals surface area contributed by atoms with Crippen LogP contribution in [-0.4, -0.2) is 28.8 Å². The number of hydrogen-bond acceptors (Lipinski definition) is 3. The zero-order chi connectivity index (χ0) is 18.0. The Hall–Kier alpha value is -2.31. The Morgan fingerprint density at radius 1 is 1.20 bits per heavy atom. The summed E-state index contributed by atoms with van der Waals surface area (Å²) >= 11 is 0. The molecule has 4 nitrogen and oxygen atoms in total. The number of ether oxygens (including phenoxy) is 1. The highest BCUT2D eigenvalue weighted by Crippen LogP contribution is 2.39. The SMILES string of the molecule is O=C(O)c1ccc2c(OC[C@H]3CC[C@H](C(F)(F)F)CC3)nccc2c1. The van der Waals surface area contributed by atoms with Crippen molar-refractivity contribution < 1.29 is 27.8 Å². The van der Waals surface area contributed by atoms with Crippen molar-refractivity contribution >= 4 is 16.7 Å². The van der Waals surface area contributed by atoms with E-state index in [0.29, 0.717) is 36.1 Å². The highest BCUT2D eigenvalue weighted by Gasteiger charge is 2.41. The Labute approximate surface area is 142 Å². The first kappa shape index (κ1) is 17.5. The maximum absolute atomic E-state index is 12.7. The molecule has 1 aromatic carbocycles. The maximum Gasteiger partial charge on any atom is 0.391 e. The Morgan fingerprint density at radius 2 is 1.92 bits per heavy atom. The molecule has 0 aliphatic heterocycles. The van der Waals surface area contributed by atoms with Gasteiger partial charge in [0, 0.05) is 11.6 Å². The molecule has 25 heavy (non-hydrogen) atoms. The molecule has 1 aromatic heterocycles. The summed E-state index contributed by atoms with van der Waals surface area (Å²) in [4.78, 5) is 15.2. The van der Waals surface area contributed by atoms with Crippen LogP contribution in [0.5, 0.6) is 5.88 Å². The van der Waals surface area contributed by atoms with Gasteiger partial charge >= 0.3 is 12.1 Å². The molecule has 0 radical (unpaired) electrons. The minimum Gasteiger partial charge on any atom is -0.478 e. The number of nitrogens with zero attached hydrogens (tertiary/aromatic N) is 1. The Morgan fingerprint density at radius 3 is 2.56 bits per heavy atom. The van der Waals surface area contributed by atoms with Crippen molar-refractivity contribution in [2.24, 2.45) is 11.8 Å². The number of aromatic carboxylic acids is 1. The van der Waals surface area contributed by atoms with Gasteiger partial charge in [-0.25, -0.2) is 9.78 Å². The summed E-state index contributed by atoms with van der Waals surface area (Å²) < 4.78 is 43.8. The summed E-state index contributed by atoms with van der Waals surface area (Å²) in [5.74, 6) is -1.75. The number of carboxylic acids is 1. The van der Waals surface area contributed by atoms with E-state index in [9.17, 15) is 18.0 Å². The maximum atomic E-state index is 12.7. The summed E-state index contributed by atoms with van der Waals surface area (Å²) in [7, 11) is 0. The monoisotopic (exact) mass is 353 g/mol. The lowest BCUT2D eigenvalue weighted by atomic mass is 9.82. The van der Waals surface area contributed by atoms with E-state index in [-0.39, 0.29) is 24.3 Å². The molecule has 0 spiro atoms. The van der Waals surface area contributed by atoms with Crippen LogP contribution in [0, 0.1) is 11.8 Å². The van der Waals surface area contributed by atoms with Gasteiger partial charge in [-0.3, -0.25) is 0 Å². The quantitative estimate of drug-likeness (QED) is 0.867. The Balaban J connectivity index is 1.65. The van der Waals surface area contributed by atoms with Crippen LogP contribution in [0.1, 0.15) is 36.0 Å². The molecule has 0 saturated heterocycles. The summed E-state index contributed by atoms with van der Waals surface area (Å²) in [6, 6.07) is 6.36. The molecule has 7 heteroatoms. The third kappa shape index (κ3) is 4.03. The molecule has 0 unspecified atom stereocenters. The van der Waals surface area contributed by atoms with Gasteiger partial charge in [0.25, 0.3) is 0 Å². The van der Waals surface area contributed by atoms with E-state index >= 15 is 0 Å². The second-order valence-electron chi connectivity index (χ2n) is 6.43. The largest absolute Gasteiger partial charge is 0.478 e. The number of pyridine rings is 1. The van der Waals surface area contributed by atoms with E-state index in [1.165, 1.54) is 12.3 Å². The van der Waals surface area contributed by atoms with E-state index in [4.69, 9.17) is 9.84 Å². The smallest absolute Gasteiger partial charge is 0.391 e. The van der Waals surface area contributed by atoms with Gasteiger partial charge in [-0.2, -0.15) is 13.2 Å². The molecule has 1 N–H and O–H groups in total. The zero-order valence-corrected chi connectivity index (χ0v) is 13.4. The van der Waals surface area contributed by atoms with E-state index < -0.39 is 18.1 Å². The van der Waals surface area contributed by atoms with E-state index in [1.807, 2.05) is 0 Å². The number of fused-ring (bicyclic) bond motifs is 1. The van der Waals surface area contributed by atoms with Crippen LogP contribution in [0.4, 0.5) is 13.2 Å². The fourth-order valence-electron chi connectivity index (χ4n) is 3.25. The molecule has 134 valence electrons. The summed E-state index contributed by atoms with van der Waals surface area (Å²) in [5, 5.41) is 10.4. The van der Waals surface area contributed by atoms with E-state index in [2.05, 4.69) is 4.98 Å². The van der Waals surface area contributed by atoms with Crippen molar-refractivity contribution in [3.05, 3.63) is 36.0 Å². The normalized spacial score (nSPS) is 21.2. The summed E-state index contributed by atoms with van der Waals surface area (Å²) in [6.07, 6.45) is -1.32. The molecule has 1 saturated carbocycles. The number of halogens is 3. The predicted octanol–water partition coefficient (Wildman–Crippen LogP) is 4.68. The average Bonchev–Trinajstić information content (AvgIpc) is 2.59. The van der Waals surface area contributed by atoms with Crippen LogP contribution < -0.4 is 4.74 Å². The van der Waals surface area contributed by atoms with Gasteiger partial charge in [0.15, 0.2) is 0 Å². The number of carboxylic acid groups (broad SMARTS) is 1. The lowest BCUT2D eigenvalue weighted by Crippen LogP contribution is -2.29. The third-order valence-corrected chi connectivity index (χ3v) is 4.74. The molecule has 0 amide bonds. The van der Waals surface area contributed by atoms with Gasteiger partial charge in [-0.1, -0.05) is 0 Å². The number of aromatic nitrogens is 1. The highest BCUT2D eigenvalue weighted by molar-refractivity contribution is 5.95. The number of alkyl halides is 3. The molecular formula is C18H18F3NO3. The van der Waals surface area contributed by atoms with Crippen LogP contribution >= 0.6 is 0 Å². The van der Waals surface area contributed by atoms with Crippen molar-refractivity contribution in [3.8, 4) is 5.88 Å². The lowest BCUT2D eigenvalue weighted by molar-refractivity contribution is -0.184. The predicted molar refractivity (Wildman–Crippen MR) is 85.7 cm³/mol. The van der Waals surface area contributed by atoms with Crippen molar-refractivity contribution in [2.75, 3.05) is 6.61 Å². The van der Waals surface area contributed by atoms with Gasteiger partial charge in [-0.15, -0.1) is 0 Å². The minimum absolute atomic E-state index is 0.0777. The van der Waals surface area contributed by atoms with Crippen LogP contribution in [-0.2, 0) is 0 Å². The van der Waals surface area contributed by atoms with Gasteiger partial charge in [0.1, 0.15) is 0 Å². The Bertz CT molecular complexity index is 768. The van der Waals surface area contributed by atoms with Crippen LogP contribution in [0.25, 0.3) is 10.8 Å². The molecule has 3 rings (SSSR count). The standard InChI is InChI=1S/C18H18F3NO3/c19-18(20,21)14-4-1-11(2-5-14)10-25-16-15-6-3-13(17(23)24)9-12(15)7-8-22-16/h3,6-9,11,14H,1-2,4-5,10H2,(H,23,24)/t11-,14-. The van der Waals surface area contributed by atoms with Crippen LogP contribution in [0.15, 0.2) is 30.5 Å². The fraction of sp³-hybridized carbons (Fsp3) is 0.444. The molecule has 0 bridgehead atoms. The van der Waals surface area contributed by atoms with Gasteiger partial charge in [-0.05, 0) is 61.3 Å². The van der Waals surface area contributed by atoms with Crippen molar-refractivity contribution in [3.63, 3.8) is 0 Å². The number of rotatable bonds is 4. The van der Waals surface area contributed by atoms with Crippen LogP contribution in [0.3, 0.4) is 0 Å². The van der Waals surface area contributed by atoms with Crippen molar-refractivity contribution in [1.82, 2.24) is 4.98 Å². The number of hydrogen-bond donors (Lipinski definition) is 1. The van der Waals surface area contributed by atoms with Crippen molar-refractivity contribution in [1.29, 1.82) is 0 Å². The minimum atomic E-state index is -4.11. The van der Waals surface area contributed by atoms with Gasteiger partial charge < -0.3 is 9.84 Å². The van der Waals surface area contributed by atoms with Crippen molar-refractivity contribution in [2.45, 2.75) is 31.9 Å². The molecular weight excluding hydrogens is 335 g/mol. The fourth-order valence-corrected chi connectivity index (χ4v) is 3.25. The Kier molecular flexibility index (Phi) is 4.83. The number of carbonyl (C=O) groups is 1. The van der Waals surface area contributed by atoms with Gasteiger partial charge in [0.05, 0.1) is 18.1 Å². The first-order valence-electron chi connectivity index (χ1n) is 8.16. The second-order valence-corrected chi connectivity index (χ2v) is 6.43. The van der Waals surface area contributed by atoms with E-state index in [1.54, 1.807) is 18.2 Å². The highest BCUT2D eigenvalue weighted by atomic mass is 19.4. The molecule has 1 aliphatic rings. The molecule has 1 fully saturated rings. The van der Waals surface area contributed by atoms with Crippen LogP contribution in [0.2, 0.25) is 0 Å². The van der Waals surface area contributed by atoms with Gasteiger partial charge in [0.2, 0.25) is 5.88 Å². The third-order valence-electron chi connectivity index (χ3n) is 4.74. The molecule has 2 aromatic rings.